The first-order valence-electron chi connectivity index (χ1n) is 8.20. The smallest absolute Gasteiger partial charge is 0.0832 e. The minimum atomic E-state index is -1.76. The van der Waals surface area contributed by atoms with Crippen LogP contribution in [0.4, 0.5) is 0 Å². The Morgan fingerprint density at radius 3 is 1.59 bits per heavy atom. The number of benzene rings is 1. The molecule has 1 aromatic rings. The van der Waals surface area contributed by atoms with Crippen molar-refractivity contribution in [2.75, 3.05) is 0 Å². The summed E-state index contributed by atoms with van der Waals surface area (Å²) in [4.78, 5) is 0. The first kappa shape index (κ1) is 20.0. The first-order valence-corrected chi connectivity index (χ1v) is 11.6. The molecule has 0 N–H and O–H groups in total. The lowest BCUT2D eigenvalue weighted by Gasteiger charge is -2.43. The second-order valence-corrected chi connectivity index (χ2v) is 15.0. The van der Waals surface area contributed by atoms with Gasteiger partial charge in [-0.15, -0.1) is 0 Å². The summed E-state index contributed by atoms with van der Waals surface area (Å²) < 4.78 is 1.29. The Kier molecular flexibility index (Phi) is 6.98. The Bertz CT molecular complexity index is 517. The van der Waals surface area contributed by atoms with Gasteiger partial charge in [0.05, 0.1) is 5.03 Å². The zero-order chi connectivity index (χ0) is 17.2. The summed E-state index contributed by atoms with van der Waals surface area (Å²) in [7, 11) is -1.76. The van der Waals surface area contributed by atoms with Gasteiger partial charge in [0.2, 0.25) is 0 Å². The van der Waals surface area contributed by atoms with Crippen LogP contribution in [0.25, 0.3) is 5.03 Å². The maximum absolute atomic E-state index is 6.95. The number of hydrogen-bond acceptors (Lipinski definition) is 0. The summed E-state index contributed by atoms with van der Waals surface area (Å²) in [5.41, 5.74) is 5.62. The molecule has 0 nitrogen and oxygen atoms in total. The van der Waals surface area contributed by atoms with Crippen molar-refractivity contribution in [3.8, 4) is 0 Å². The van der Waals surface area contributed by atoms with Gasteiger partial charge in [0, 0.05) is 4.11 Å². The molecule has 0 amide bonds. The van der Waals surface area contributed by atoms with Crippen molar-refractivity contribution in [1.82, 2.24) is 0 Å². The molecule has 0 aliphatic heterocycles. The van der Waals surface area contributed by atoms with Crippen LogP contribution < -0.4 is 0 Å². The van der Waals surface area contributed by atoms with Gasteiger partial charge < -0.3 is 0 Å². The van der Waals surface area contributed by atoms with Gasteiger partial charge in [0.1, 0.15) is 8.07 Å². The molecule has 0 bridgehead atoms. The van der Waals surface area contributed by atoms with Crippen LogP contribution >= 0.6 is 27.5 Å². The van der Waals surface area contributed by atoms with Crippen LogP contribution in [-0.4, -0.2) is 8.07 Å². The van der Waals surface area contributed by atoms with Crippen molar-refractivity contribution in [1.29, 1.82) is 0 Å². The van der Waals surface area contributed by atoms with E-state index in [9.17, 15) is 0 Å². The zero-order valence-electron chi connectivity index (χ0n) is 15.2. The third kappa shape index (κ3) is 3.39. The highest BCUT2D eigenvalue weighted by molar-refractivity contribution is 9.12. The molecule has 3 heteroatoms. The summed E-state index contributed by atoms with van der Waals surface area (Å²) in [6.07, 6.45) is 0. The molecule has 0 radical (unpaired) electrons. The van der Waals surface area contributed by atoms with Crippen LogP contribution in [-0.2, 0) is 0 Å². The highest BCUT2D eigenvalue weighted by atomic mass is 79.9. The topological polar surface area (TPSA) is 0 Å². The zero-order valence-corrected chi connectivity index (χ0v) is 18.6. The molecule has 0 unspecified atom stereocenters. The van der Waals surface area contributed by atoms with Crippen LogP contribution in [0.5, 0.6) is 0 Å². The third-order valence-electron chi connectivity index (χ3n) is 5.14. The van der Waals surface area contributed by atoms with Gasteiger partial charge in [0.25, 0.3) is 0 Å². The molecule has 0 atom stereocenters. The molecule has 1 rings (SSSR count). The summed E-state index contributed by atoms with van der Waals surface area (Å²) in [5.74, 6) is 0. The molecular weight excluding hydrogens is 372 g/mol. The van der Waals surface area contributed by atoms with E-state index in [1.54, 1.807) is 0 Å². The highest BCUT2D eigenvalue weighted by Gasteiger charge is 2.46. The summed E-state index contributed by atoms with van der Waals surface area (Å²) in [5, 5.41) is 0.929. The fraction of sp³-hybridized carbons (Fsp3) is 0.579. The van der Waals surface area contributed by atoms with E-state index in [1.807, 2.05) is 0 Å². The van der Waals surface area contributed by atoms with Gasteiger partial charge in [-0.05, 0) is 47.2 Å². The summed E-state index contributed by atoms with van der Waals surface area (Å²) >= 11 is 10.9. The van der Waals surface area contributed by atoms with Gasteiger partial charge in [0.15, 0.2) is 0 Å². The molecule has 0 spiro atoms. The van der Waals surface area contributed by atoms with Gasteiger partial charge in [-0.3, -0.25) is 0 Å². The first-order chi connectivity index (χ1) is 10.1. The van der Waals surface area contributed by atoms with E-state index in [1.165, 1.54) is 20.8 Å². The van der Waals surface area contributed by atoms with Crippen LogP contribution in [0.1, 0.15) is 58.2 Å². The predicted octanol–water partition coefficient (Wildman–Crippen LogP) is 7.82. The van der Waals surface area contributed by atoms with Crippen molar-refractivity contribution in [3.05, 3.63) is 39.0 Å². The SMILES string of the molecule is Cc1cccc(C)c1/C(Cl)=C(/Br)[Si](C(C)C)(C(C)C)C(C)C. The van der Waals surface area contributed by atoms with Gasteiger partial charge in [-0.1, -0.05) is 87.3 Å². The molecule has 0 fully saturated rings. The van der Waals surface area contributed by atoms with Crippen LogP contribution in [0.15, 0.2) is 22.3 Å². The van der Waals surface area contributed by atoms with Crippen LogP contribution in [0, 0.1) is 13.8 Å². The van der Waals surface area contributed by atoms with Gasteiger partial charge in [-0.25, -0.2) is 0 Å². The normalized spacial score (nSPS) is 14.0. The van der Waals surface area contributed by atoms with Gasteiger partial charge in [-0.2, -0.15) is 0 Å². The highest BCUT2D eigenvalue weighted by Crippen LogP contribution is 2.51. The van der Waals surface area contributed by atoms with E-state index in [0.29, 0.717) is 16.6 Å². The van der Waals surface area contributed by atoms with Crippen molar-refractivity contribution in [2.24, 2.45) is 0 Å². The number of rotatable bonds is 5. The van der Waals surface area contributed by atoms with E-state index < -0.39 is 8.07 Å². The monoisotopic (exact) mass is 400 g/mol. The molecule has 0 saturated carbocycles. The molecule has 0 aliphatic rings. The minimum absolute atomic E-state index is 0.639. The lowest BCUT2D eigenvalue weighted by atomic mass is 10.0. The second kappa shape index (κ2) is 7.68. The molecule has 22 heavy (non-hydrogen) atoms. The maximum Gasteiger partial charge on any atom is 0.105 e. The molecule has 0 heterocycles. The Balaban J connectivity index is 3.68. The molecule has 0 saturated heterocycles. The standard InChI is InChI=1S/C19H30BrClSi/c1-12(2)22(13(3)4,14(5)6)19(20)18(21)17-15(7)10-9-11-16(17)8/h9-14H,1-8H3/b19-18+. The lowest BCUT2D eigenvalue weighted by molar-refractivity contribution is 0.832. The third-order valence-corrected chi connectivity index (χ3v) is 15.1. The predicted molar refractivity (Wildman–Crippen MR) is 109 cm³/mol. The van der Waals surface area contributed by atoms with E-state index in [-0.39, 0.29) is 0 Å². The maximum atomic E-state index is 6.95. The van der Waals surface area contributed by atoms with Crippen LogP contribution in [0.2, 0.25) is 16.6 Å². The number of halogens is 2. The number of aryl methyl sites for hydroxylation is 2. The van der Waals surface area contributed by atoms with E-state index in [4.69, 9.17) is 11.6 Å². The van der Waals surface area contributed by atoms with Crippen molar-refractivity contribution < 1.29 is 0 Å². The Labute approximate surface area is 151 Å². The van der Waals surface area contributed by atoms with Crippen LogP contribution in [0.3, 0.4) is 0 Å². The average molecular weight is 402 g/mol. The van der Waals surface area contributed by atoms with Crippen molar-refractivity contribution in [2.45, 2.75) is 72.0 Å². The molecule has 1 aromatic carbocycles. The van der Waals surface area contributed by atoms with Crippen molar-refractivity contribution in [3.63, 3.8) is 0 Å². The fourth-order valence-electron chi connectivity index (χ4n) is 4.22. The van der Waals surface area contributed by atoms with E-state index >= 15 is 0 Å². The summed E-state index contributed by atoms with van der Waals surface area (Å²) in [6, 6.07) is 6.40. The fourth-order valence-corrected chi connectivity index (χ4v) is 15.4. The molecule has 124 valence electrons. The largest absolute Gasteiger partial charge is 0.105 e. The minimum Gasteiger partial charge on any atom is -0.0832 e. The van der Waals surface area contributed by atoms with E-state index in [0.717, 1.165) is 5.03 Å². The van der Waals surface area contributed by atoms with Gasteiger partial charge >= 0.3 is 0 Å². The van der Waals surface area contributed by atoms with Crippen molar-refractivity contribution >= 4 is 40.6 Å². The Morgan fingerprint density at radius 1 is 0.909 bits per heavy atom. The molecular formula is C19H30BrClSi. The summed E-state index contributed by atoms with van der Waals surface area (Å²) in [6.45, 7) is 18.5. The lowest BCUT2D eigenvalue weighted by Crippen LogP contribution is -2.45. The quantitative estimate of drug-likeness (QED) is 0.441. The Morgan fingerprint density at radius 2 is 1.27 bits per heavy atom. The molecule has 0 aromatic heterocycles. The second-order valence-electron chi connectivity index (χ2n) is 7.29. The number of hydrogen-bond donors (Lipinski definition) is 0. The Hall–Kier alpha value is -0.0531. The molecule has 0 aliphatic carbocycles. The van der Waals surface area contributed by atoms with E-state index in [2.05, 4.69) is 89.5 Å². The average Bonchev–Trinajstić information content (AvgIpc) is 2.37.